The van der Waals surface area contributed by atoms with Crippen LogP contribution in [-0.2, 0) is 4.79 Å². The predicted octanol–water partition coefficient (Wildman–Crippen LogP) is 2.49. The number of aromatic hydroxyl groups is 2. The summed E-state index contributed by atoms with van der Waals surface area (Å²) in [5.41, 5.74) is -0.380. The number of hydrogen-bond donors (Lipinski definition) is 3. The first-order valence-corrected chi connectivity index (χ1v) is 6.88. The van der Waals surface area contributed by atoms with Gasteiger partial charge in [0.2, 0.25) is 0 Å². The quantitative estimate of drug-likeness (QED) is 0.741. The molecule has 0 saturated carbocycles. The molecular formula is C15H21NO4. The van der Waals surface area contributed by atoms with Crippen molar-refractivity contribution in [1.82, 2.24) is 4.90 Å². The van der Waals surface area contributed by atoms with E-state index in [9.17, 15) is 20.1 Å². The van der Waals surface area contributed by atoms with Crippen LogP contribution in [0.1, 0.15) is 44.7 Å². The van der Waals surface area contributed by atoms with Gasteiger partial charge in [-0.25, -0.2) is 0 Å². The van der Waals surface area contributed by atoms with Crippen LogP contribution in [-0.4, -0.2) is 38.3 Å². The lowest BCUT2D eigenvalue weighted by Crippen LogP contribution is -2.55. The molecule has 0 aromatic heterocycles. The Morgan fingerprint density at radius 1 is 1.35 bits per heavy atom. The zero-order valence-corrected chi connectivity index (χ0v) is 11.8. The van der Waals surface area contributed by atoms with Gasteiger partial charge in [0.1, 0.15) is 17.0 Å². The largest absolute Gasteiger partial charge is 0.508 e. The van der Waals surface area contributed by atoms with Gasteiger partial charge in [0.15, 0.2) is 0 Å². The van der Waals surface area contributed by atoms with E-state index in [1.807, 2.05) is 11.8 Å². The summed E-state index contributed by atoms with van der Waals surface area (Å²) in [5.74, 6) is -0.698. The van der Waals surface area contributed by atoms with Gasteiger partial charge in [-0.2, -0.15) is 0 Å². The molecule has 1 aromatic carbocycles. The van der Waals surface area contributed by atoms with Gasteiger partial charge < -0.3 is 15.3 Å². The van der Waals surface area contributed by atoms with Gasteiger partial charge >= 0.3 is 5.97 Å². The highest BCUT2D eigenvalue weighted by Crippen LogP contribution is 2.39. The fourth-order valence-electron chi connectivity index (χ4n) is 3.04. The maximum Gasteiger partial charge on any atom is 0.323 e. The Balaban J connectivity index is 2.37. The number of rotatable bonds is 3. The van der Waals surface area contributed by atoms with Gasteiger partial charge in [-0.05, 0) is 57.9 Å². The Morgan fingerprint density at radius 3 is 2.70 bits per heavy atom. The minimum atomic E-state index is -0.935. The van der Waals surface area contributed by atoms with Crippen molar-refractivity contribution in [2.24, 2.45) is 0 Å². The molecule has 0 aliphatic carbocycles. The van der Waals surface area contributed by atoms with Crippen molar-refractivity contribution in [2.45, 2.75) is 44.7 Å². The monoisotopic (exact) mass is 279 g/mol. The van der Waals surface area contributed by atoms with E-state index in [2.05, 4.69) is 0 Å². The summed E-state index contributed by atoms with van der Waals surface area (Å²) in [5, 5.41) is 29.1. The molecule has 2 unspecified atom stereocenters. The Hall–Kier alpha value is -1.75. The van der Waals surface area contributed by atoms with E-state index in [-0.39, 0.29) is 17.5 Å². The summed E-state index contributed by atoms with van der Waals surface area (Å²) >= 11 is 0. The number of phenols is 2. The van der Waals surface area contributed by atoms with Crippen molar-refractivity contribution in [2.75, 3.05) is 6.54 Å². The van der Waals surface area contributed by atoms with Crippen LogP contribution < -0.4 is 0 Å². The molecule has 5 heteroatoms. The minimum Gasteiger partial charge on any atom is -0.508 e. The number of carbonyl (C=O) groups is 1. The van der Waals surface area contributed by atoms with E-state index in [1.54, 1.807) is 6.92 Å². The van der Waals surface area contributed by atoms with E-state index in [0.29, 0.717) is 18.5 Å². The second-order valence-electron chi connectivity index (χ2n) is 5.65. The normalized spacial score (nSPS) is 25.3. The van der Waals surface area contributed by atoms with Gasteiger partial charge in [-0.15, -0.1) is 0 Å². The van der Waals surface area contributed by atoms with Crippen molar-refractivity contribution < 1.29 is 20.1 Å². The summed E-state index contributed by atoms with van der Waals surface area (Å²) in [6, 6.07) is 4.07. The first-order chi connectivity index (χ1) is 9.36. The zero-order chi connectivity index (χ0) is 14.9. The number of likely N-dealkylation sites (tertiary alicyclic amines) is 1. The number of benzene rings is 1. The lowest BCUT2D eigenvalue weighted by atomic mass is 9.86. The Labute approximate surface area is 118 Å². The van der Waals surface area contributed by atoms with Crippen LogP contribution >= 0.6 is 0 Å². The fraction of sp³-hybridized carbons (Fsp3) is 0.533. The first-order valence-electron chi connectivity index (χ1n) is 6.88. The summed E-state index contributed by atoms with van der Waals surface area (Å²) in [7, 11) is 0. The summed E-state index contributed by atoms with van der Waals surface area (Å²) in [6.07, 6.45) is 2.41. The third-order valence-electron chi connectivity index (χ3n) is 4.34. The Kier molecular flexibility index (Phi) is 3.90. The fourth-order valence-corrected chi connectivity index (χ4v) is 3.04. The van der Waals surface area contributed by atoms with E-state index in [4.69, 9.17) is 0 Å². The molecule has 5 nitrogen and oxygen atoms in total. The Morgan fingerprint density at radius 2 is 2.05 bits per heavy atom. The molecule has 1 fully saturated rings. The molecule has 0 radical (unpaired) electrons. The molecule has 1 aliphatic heterocycles. The molecule has 2 rings (SSSR count). The molecular weight excluding hydrogens is 258 g/mol. The Bertz CT molecular complexity index is 517. The highest BCUT2D eigenvalue weighted by Gasteiger charge is 2.44. The van der Waals surface area contributed by atoms with Crippen LogP contribution in [0.5, 0.6) is 11.5 Å². The third kappa shape index (κ3) is 2.45. The molecule has 1 aliphatic rings. The van der Waals surface area contributed by atoms with Crippen molar-refractivity contribution in [3.8, 4) is 11.5 Å². The maximum absolute atomic E-state index is 11.6. The van der Waals surface area contributed by atoms with Crippen molar-refractivity contribution in [3.63, 3.8) is 0 Å². The van der Waals surface area contributed by atoms with E-state index >= 15 is 0 Å². The van der Waals surface area contributed by atoms with Crippen LogP contribution in [0.2, 0.25) is 0 Å². The molecule has 1 aromatic rings. The minimum absolute atomic E-state index is 0.0682. The summed E-state index contributed by atoms with van der Waals surface area (Å²) < 4.78 is 0. The first kappa shape index (κ1) is 14.7. The van der Waals surface area contributed by atoms with Gasteiger partial charge in [0.25, 0.3) is 0 Å². The number of phenolic OH excluding ortho intramolecular Hbond substituents is 2. The predicted molar refractivity (Wildman–Crippen MR) is 74.8 cm³/mol. The number of nitrogens with zero attached hydrogens (tertiary/aromatic N) is 1. The highest BCUT2D eigenvalue weighted by atomic mass is 16.4. The molecule has 0 spiro atoms. The molecule has 110 valence electrons. The third-order valence-corrected chi connectivity index (χ3v) is 4.34. The number of aliphatic carboxylic acids is 1. The van der Waals surface area contributed by atoms with Crippen molar-refractivity contribution >= 4 is 5.97 Å². The topological polar surface area (TPSA) is 81.0 Å². The van der Waals surface area contributed by atoms with Gasteiger partial charge in [-0.1, -0.05) is 0 Å². The standard InChI is InChI=1S/C15H21NO4/c1-10(12-9-11(17)5-6-13(12)18)16-8-4-3-7-15(16,2)14(19)20/h5-6,9-10,17-18H,3-4,7-8H2,1-2H3,(H,19,20). The van der Waals surface area contributed by atoms with E-state index < -0.39 is 11.5 Å². The van der Waals surface area contributed by atoms with Gasteiger partial charge in [0, 0.05) is 11.6 Å². The molecule has 1 heterocycles. The second kappa shape index (κ2) is 5.32. The number of carboxylic acid groups (broad SMARTS) is 1. The molecule has 0 bridgehead atoms. The second-order valence-corrected chi connectivity index (χ2v) is 5.65. The lowest BCUT2D eigenvalue weighted by Gasteiger charge is -2.45. The van der Waals surface area contributed by atoms with Crippen LogP contribution in [0, 0.1) is 0 Å². The van der Waals surface area contributed by atoms with Crippen molar-refractivity contribution in [1.29, 1.82) is 0 Å². The average molecular weight is 279 g/mol. The lowest BCUT2D eigenvalue weighted by molar-refractivity contribution is -0.155. The average Bonchev–Trinajstić information content (AvgIpc) is 2.41. The van der Waals surface area contributed by atoms with E-state index in [0.717, 1.165) is 12.8 Å². The summed E-state index contributed by atoms with van der Waals surface area (Å²) in [4.78, 5) is 13.5. The SMILES string of the molecule is CC(c1cc(O)ccc1O)N1CCCCC1(C)C(=O)O. The van der Waals surface area contributed by atoms with E-state index in [1.165, 1.54) is 18.2 Å². The maximum atomic E-state index is 11.6. The number of hydrogen-bond acceptors (Lipinski definition) is 4. The smallest absolute Gasteiger partial charge is 0.323 e. The molecule has 0 amide bonds. The van der Waals surface area contributed by atoms with Crippen LogP contribution in [0.15, 0.2) is 18.2 Å². The van der Waals surface area contributed by atoms with Gasteiger partial charge in [0.05, 0.1) is 0 Å². The summed E-state index contributed by atoms with van der Waals surface area (Å²) in [6.45, 7) is 4.25. The van der Waals surface area contributed by atoms with Crippen LogP contribution in [0.3, 0.4) is 0 Å². The van der Waals surface area contributed by atoms with Crippen LogP contribution in [0.4, 0.5) is 0 Å². The zero-order valence-electron chi connectivity index (χ0n) is 11.8. The molecule has 20 heavy (non-hydrogen) atoms. The van der Waals surface area contributed by atoms with Crippen LogP contribution in [0.25, 0.3) is 0 Å². The van der Waals surface area contributed by atoms with Crippen molar-refractivity contribution in [3.05, 3.63) is 23.8 Å². The molecule has 1 saturated heterocycles. The number of carboxylic acids is 1. The molecule has 3 N–H and O–H groups in total. The number of piperidine rings is 1. The molecule has 2 atom stereocenters. The van der Waals surface area contributed by atoms with Gasteiger partial charge in [-0.3, -0.25) is 9.69 Å². The highest BCUT2D eigenvalue weighted by molar-refractivity contribution is 5.78.